The summed E-state index contributed by atoms with van der Waals surface area (Å²) in [6.07, 6.45) is -0.800. The van der Waals surface area contributed by atoms with Crippen LogP contribution in [-0.2, 0) is 24.3 Å². The number of ether oxygens (including phenoxy) is 1. The van der Waals surface area contributed by atoms with Crippen LogP contribution < -0.4 is 10.6 Å². The molecule has 1 unspecified atom stereocenters. The van der Waals surface area contributed by atoms with Gasteiger partial charge in [0.2, 0.25) is 10.0 Å². The van der Waals surface area contributed by atoms with Crippen LogP contribution in [0.2, 0.25) is 0 Å². The number of likely N-dealkylation sites (N-methyl/N-ethyl adjacent to an activating group) is 1. The van der Waals surface area contributed by atoms with Gasteiger partial charge in [-0.25, -0.2) is 17.2 Å². The number of benzene rings is 1. The van der Waals surface area contributed by atoms with Crippen molar-refractivity contribution in [3.63, 3.8) is 0 Å². The molecule has 1 fully saturated rings. The molecule has 2 N–H and O–H groups in total. The van der Waals surface area contributed by atoms with Gasteiger partial charge >= 0.3 is 11.8 Å². The Kier molecular flexibility index (Phi) is 6.62. The zero-order chi connectivity index (χ0) is 19.3. The van der Waals surface area contributed by atoms with E-state index >= 15 is 0 Å². The summed E-state index contributed by atoms with van der Waals surface area (Å²) in [6.45, 7) is 1.80. The van der Waals surface area contributed by atoms with Gasteiger partial charge in [-0.1, -0.05) is 0 Å². The van der Waals surface area contributed by atoms with E-state index in [9.17, 15) is 26.8 Å². The molecule has 0 spiro atoms. The predicted molar refractivity (Wildman–Crippen MR) is 86.3 cm³/mol. The molecule has 26 heavy (non-hydrogen) atoms. The Morgan fingerprint density at radius 1 is 1.27 bits per heavy atom. The smallest absolute Gasteiger partial charge is 0.309 e. The first-order valence-electron chi connectivity index (χ1n) is 7.92. The molecule has 11 heteroatoms. The molecular formula is C15H19F2N3O5S. The molecular weight excluding hydrogens is 372 g/mol. The Bertz CT molecular complexity index is 787. The summed E-state index contributed by atoms with van der Waals surface area (Å²) in [5.74, 6) is -3.81. The third-order valence-corrected chi connectivity index (χ3v) is 5.52. The van der Waals surface area contributed by atoms with E-state index in [0.717, 1.165) is 16.4 Å². The minimum absolute atomic E-state index is 0.0000196. The second kappa shape index (κ2) is 8.52. The summed E-state index contributed by atoms with van der Waals surface area (Å²) in [7, 11) is -4.40. The van der Waals surface area contributed by atoms with Crippen molar-refractivity contribution in [1.82, 2.24) is 14.9 Å². The number of nitrogens with one attached hydrogen (secondary N) is 2. The zero-order valence-corrected chi connectivity index (χ0v) is 14.8. The van der Waals surface area contributed by atoms with Crippen molar-refractivity contribution in [2.24, 2.45) is 0 Å². The summed E-state index contributed by atoms with van der Waals surface area (Å²) in [5, 5.41) is 4.57. The predicted octanol–water partition coefficient (Wildman–Crippen LogP) is -0.0458. The van der Waals surface area contributed by atoms with Gasteiger partial charge in [0.15, 0.2) is 0 Å². The highest BCUT2D eigenvalue weighted by molar-refractivity contribution is 7.89. The second-order valence-electron chi connectivity index (χ2n) is 5.44. The first-order valence-corrected chi connectivity index (χ1v) is 9.36. The van der Waals surface area contributed by atoms with Gasteiger partial charge < -0.3 is 15.4 Å². The topological polar surface area (TPSA) is 105 Å². The molecule has 1 aromatic rings. The van der Waals surface area contributed by atoms with Gasteiger partial charge in [0.05, 0.1) is 13.2 Å². The first kappa shape index (κ1) is 20.2. The molecule has 2 rings (SSSR count). The average Bonchev–Trinajstić information content (AvgIpc) is 2.62. The largest absolute Gasteiger partial charge is 0.360 e. The lowest BCUT2D eigenvalue weighted by atomic mass is 10.3. The molecule has 1 aromatic carbocycles. The standard InChI is InChI=1S/C15H19F2N3O5S/c1-2-18-14(21)15(22)19-9-13-20(6-3-7-25-13)26(23,24)12-8-10(16)4-5-11(12)17/h4-5,8,13H,2-3,6-7,9H2,1H3,(H,18,21)(H,19,22). The molecule has 0 aromatic heterocycles. The quantitative estimate of drug-likeness (QED) is 0.685. The third kappa shape index (κ3) is 4.54. The van der Waals surface area contributed by atoms with Crippen molar-refractivity contribution < 1.29 is 31.5 Å². The fourth-order valence-corrected chi connectivity index (χ4v) is 4.05. The fourth-order valence-electron chi connectivity index (χ4n) is 2.40. The van der Waals surface area contributed by atoms with Crippen molar-refractivity contribution in [3.05, 3.63) is 29.8 Å². The summed E-state index contributed by atoms with van der Waals surface area (Å²) < 4.78 is 58.9. The van der Waals surface area contributed by atoms with Crippen LogP contribution in [-0.4, -0.2) is 57.0 Å². The number of halogens is 2. The molecule has 2 amide bonds. The lowest BCUT2D eigenvalue weighted by molar-refractivity contribution is -0.140. The van der Waals surface area contributed by atoms with Crippen molar-refractivity contribution in [3.8, 4) is 0 Å². The summed E-state index contributed by atoms with van der Waals surface area (Å²) >= 11 is 0. The zero-order valence-electron chi connectivity index (χ0n) is 14.0. The molecule has 8 nitrogen and oxygen atoms in total. The highest BCUT2D eigenvalue weighted by Crippen LogP contribution is 2.24. The van der Waals surface area contributed by atoms with Crippen molar-refractivity contribution in [2.75, 3.05) is 26.2 Å². The van der Waals surface area contributed by atoms with Crippen LogP contribution in [0.25, 0.3) is 0 Å². The molecule has 1 atom stereocenters. The maximum absolute atomic E-state index is 13.9. The Morgan fingerprint density at radius 2 is 1.96 bits per heavy atom. The Balaban J connectivity index is 2.18. The van der Waals surface area contributed by atoms with Crippen LogP contribution in [0.4, 0.5) is 8.78 Å². The van der Waals surface area contributed by atoms with Gasteiger partial charge in [0.1, 0.15) is 22.8 Å². The van der Waals surface area contributed by atoms with Crippen LogP contribution in [0.1, 0.15) is 13.3 Å². The van der Waals surface area contributed by atoms with E-state index < -0.39 is 44.6 Å². The molecule has 0 saturated carbocycles. The fraction of sp³-hybridized carbons (Fsp3) is 0.467. The number of sulfonamides is 1. The third-order valence-electron chi connectivity index (χ3n) is 3.61. The van der Waals surface area contributed by atoms with E-state index in [2.05, 4.69) is 10.6 Å². The van der Waals surface area contributed by atoms with E-state index in [0.29, 0.717) is 12.5 Å². The molecule has 0 radical (unpaired) electrons. The SMILES string of the molecule is CCNC(=O)C(=O)NCC1OCCCN1S(=O)(=O)c1cc(F)ccc1F. The van der Waals surface area contributed by atoms with E-state index in [1.165, 1.54) is 0 Å². The molecule has 0 bridgehead atoms. The average molecular weight is 391 g/mol. The van der Waals surface area contributed by atoms with Crippen LogP contribution in [0.3, 0.4) is 0 Å². The Morgan fingerprint density at radius 3 is 2.65 bits per heavy atom. The van der Waals surface area contributed by atoms with Gasteiger partial charge in [-0.05, 0) is 31.5 Å². The highest BCUT2D eigenvalue weighted by atomic mass is 32.2. The van der Waals surface area contributed by atoms with Crippen LogP contribution in [0.15, 0.2) is 23.1 Å². The van der Waals surface area contributed by atoms with Gasteiger partial charge in [-0.3, -0.25) is 9.59 Å². The van der Waals surface area contributed by atoms with E-state index in [1.54, 1.807) is 6.92 Å². The van der Waals surface area contributed by atoms with Gasteiger partial charge in [0.25, 0.3) is 0 Å². The molecule has 144 valence electrons. The molecule has 1 saturated heterocycles. The van der Waals surface area contributed by atoms with Crippen molar-refractivity contribution in [2.45, 2.75) is 24.5 Å². The number of rotatable bonds is 5. The Labute approximate surface area is 149 Å². The summed E-state index contributed by atoms with van der Waals surface area (Å²) in [5.41, 5.74) is 0. The number of hydrogen-bond donors (Lipinski definition) is 2. The summed E-state index contributed by atoms with van der Waals surface area (Å²) in [6, 6.07) is 2.12. The monoisotopic (exact) mass is 391 g/mol. The lowest BCUT2D eigenvalue weighted by Gasteiger charge is -2.34. The first-order chi connectivity index (χ1) is 12.3. The highest BCUT2D eigenvalue weighted by Gasteiger charge is 2.36. The van der Waals surface area contributed by atoms with E-state index in [4.69, 9.17) is 4.74 Å². The molecule has 1 heterocycles. The van der Waals surface area contributed by atoms with Gasteiger partial charge in [0, 0.05) is 13.1 Å². The van der Waals surface area contributed by atoms with Crippen molar-refractivity contribution in [1.29, 1.82) is 0 Å². The van der Waals surface area contributed by atoms with Crippen molar-refractivity contribution >= 4 is 21.8 Å². The van der Waals surface area contributed by atoms with E-state index in [1.807, 2.05) is 0 Å². The Hall–Kier alpha value is -2.11. The number of hydrogen-bond acceptors (Lipinski definition) is 5. The van der Waals surface area contributed by atoms with Crippen LogP contribution >= 0.6 is 0 Å². The summed E-state index contributed by atoms with van der Waals surface area (Å²) in [4.78, 5) is 22.2. The number of carbonyl (C=O) groups is 2. The molecule has 1 aliphatic rings. The van der Waals surface area contributed by atoms with Gasteiger partial charge in [-0.2, -0.15) is 4.31 Å². The van der Waals surface area contributed by atoms with E-state index in [-0.39, 0.29) is 26.2 Å². The van der Waals surface area contributed by atoms with Gasteiger partial charge in [-0.15, -0.1) is 0 Å². The number of amides is 2. The maximum Gasteiger partial charge on any atom is 0.309 e. The minimum Gasteiger partial charge on any atom is -0.360 e. The maximum atomic E-state index is 13.9. The van der Waals surface area contributed by atoms with Crippen LogP contribution in [0.5, 0.6) is 0 Å². The second-order valence-corrected chi connectivity index (χ2v) is 7.30. The normalized spacial score (nSPS) is 18.3. The number of carbonyl (C=O) groups excluding carboxylic acids is 2. The lowest BCUT2D eigenvalue weighted by Crippen LogP contribution is -2.53. The minimum atomic E-state index is -4.40. The molecule has 0 aliphatic carbocycles. The van der Waals surface area contributed by atoms with Crippen LogP contribution in [0, 0.1) is 11.6 Å². The molecule has 1 aliphatic heterocycles. The number of nitrogens with zero attached hydrogens (tertiary/aromatic N) is 1.